The van der Waals surface area contributed by atoms with Gasteiger partial charge in [-0.2, -0.15) is 0 Å². The van der Waals surface area contributed by atoms with Gasteiger partial charge in [0.15, 0.2) is 0 Å². The standard InChI is InChI=1S/C25H22ClN3O2S/c26-19-10-12-20(13-11-19)28-24(30)17-32-23-16-29(22-9-5-4-8-21(22)23)15-14-27-25(31)18-6-2-1-3-7-18/h1-13,16H,14-15,17H2,(H,27,31)(H,28,30). The summed E-state index contributed by atoms with van der Waals surface area (Å²) in [5, 5.41) is 7.57. The second kappa shape index (κ2) is 10.4. The Bertz CT molecular complexity index is 1220. The molecule has 2 amide bonds. The van der Waals surface area contributed by atoms with E-state index in [-0.39, 0.29) is 11.8 Å². The Labute approximate surface area is 195 Å². The highest BCUT2D eigenvalue weighted by atomic mass is 35.5. The van der Waals surface area contributed by atoms with Crippen LogP contribution in [0.25, 0.3) is 10.9 Å². The van der Waals surface area contributed by atoms with Gasteiger partial charge in [0.1, 0.15) is 0 Å². The predicted molar refractivity (Wildman–Crippen MR) is 132 cm³/mol. The van der Waals surface area contributed by atoms with Crippen molar-refractivity contribution in [1.29, 1.82) is 0 Å². The van der Waals surface area contributed by atoms with Gasteiger partial charge in [-0.1, -0.05) is 48.0 Å². The number of carbonyl (C=O) groups excluding carboxylic acids is 2. The van der Waals surface area contributed by atoms with Gasteiger partial charge in [0.2, 0.25) is 5.91 Å². The normalized spacial score (nSPS) is 10.8. The van der Waals surface area contributed by atoms with Crippen LogP contribution in [0.15, 0.2) is 90.0 Å². The summed E-state index contributed by atoms with van der Waals surface area (Å²) < 4.78 is 2.11. The van der Waals surface area contributed by atoms with Crippen LogP contribution in [0, 0.1) is 0 Å². The van der Waals surface area contributed by atoms with Crippen molar-refractivity contribution in [3.8, 4) is 0 Å². The number of benzene rings is 3. The van der Waals surface area contributed by atoms with Gasteiger partial charge in [0.05, 0.1) is 5.75 Å². The Hall–Kier alpha value is -3.22. The molecule has 4 aromatic rings. The maximum Gasteiger partial charge on any atom is 0.251 e. The number of halogens is 1. The molecule has 5 nitrogen and oxygen atoms in total. The van der Waals surface area contributed by atoms with E-state index in [1.54, 1.807) is 36.4 Å². The molecule has 0 atom stereocenters. The molecular weight excluding hydrogens is 442 g/mol. The lowest BCUT2D eigenvalue weighted by Crippen LogP contribution is -2.26. The Morgan fingerprint density at radius 3 is 2.41 bits per heavy atom. The molecule has 0 aliphatic carbocycles. The quantitative estimate of drug-likeness (QED) is 0.341. The largest absolute Gasteiger partial charge is 0.350 e. The van der Waals surface area contributed by atoms with Gasteiger partial charge in [0, 0.05) is 51.4 Å². The maximum atomic E-state index is 12.4. The summed E-state index contributed by atoms with van der Waals surface area (Å²) in [6.07, 6.45) is 2.04. The Kier molecular flexibility index (Phi) is 7.14. The third kappa shape index (κ3) is 5.52. The van der Waals surface area contributed by atoms with Crippen molar-refractivity contribution >= 4 is 51.8 Å². The highest BCUT2D eigenvalue weighted by molar-refractivity contribution is 8.00. The van der Waals surface area contributed by atoms with E-state index in [1.165, 1.54) is 11.8 Å². The number of hydrogen-bond acceptors (Lipinski definition) is 3. The van der Waals surface area contributed by atoms with Crippen molar-refractivity contribution in [3.63, 3.8) is 0 Å². The number of hydrogen-bond donors (Lipinski definition) is 2. The molecule has 0 spiro atoms. The van der Waals surface area contributed by atoms with Crippen molar-refractivity contribution in [2.75, 3.05) is 17.6 Å². The zero-order valence-corrected chi connectivity index (χ0v) is 18.8. The van der Waals surface area contributed by atoms with E-state index in [1.807, 2.05) is 48.7 Å². The third-order valence-corrected chi connectivity index (χ3v) is 6.21. The van der Waals surface area contributed by atoms with E-state index in [2.05, 4.69) is 15.2 Å². The number of rotatable bonds is 8. The van der Waals surface area contributed by atoms with Crippen LogP contribution in [0.1, 0.15) is 10.4 Å². The van der Waals surface area contributed by atoms with E-state index in [0.29, 0.717) is 29.4 Å². The van der Waals surface area contributed by atoms with Gasteiger partial charge in [0.25, 0.3) is 5.91 Å². The zero-order valence-electron chi connectivity index (χ0n) is 17.3. The molecule has 0 aliphatic rings. The monoisotopic (exact) mass is 463 g/mol. The lowest BCUT2D eigenvalue weighted by Gasteiger charge is -2.07. The summed E-state index contributed by atoms with van der Waals surface area (Å²) in [6.45, 7) is 1.14. The number of nitrogens with one attached hydrogen (secondary N) is 2. The number of fused-ring (bicyclic) bond motifs is 1. The molecule has 7 heteroatoms. The van der Waals surface area contributed by atoms with Gasteiger partial charge in [-0.05, 0) is 42.5 Å². The Balaban J connectivity index is 1.38. The highest BCUT2D eigenvalue weighted by Gasteiger charge is 2.12. The van der Waals surface area contributed by atoms with E-state index >= 15 is 0 Å². The summed E-state index contributed by atoms with van der Waals surface area (Å²) >= 11 is 7.38. The number of anilines is 1. The third-order valence-electron chi connectivity index (χ3n) is 4.91. The van der Waals surface area contributed by atoms with Crippen LogP contribution >= 0.6 is 23.4 Å². The lowest BCUT2D eigenvalue weighted by atomic mass is 10.2. The number of para-hydroxylation sites is 1. The van der Waals surface area contributed by atoms with Crippen LogP contribution in [0.3, 0.4) is 0 Å². The van der Waals surface area contributed by atoms with Crippen LogP contribution in [-0.4, -0.2) is 28.7 Å². The average molecular weight is 464 g/mol. The fourth-order valence-electron chi connectivity index (χ4n) is 3.37. The van der Waals surface area contributed by atoms with Crippen LogP contribution < -0.4 is 10.6 Å². The first-order valence-corrected chi connectivity index (χ1v) is 11.6. The SMILES string of the molecule is O=C(CSc1cn(CCNC(=O)c2ccccc2)c2ccccc12)Nc1ccc(Cl)cc1. The fraction of sp³-hybridized carbons (Fsp3) is 0.120. The van der Waals surface area contributed by atoms with E-state index < -0.39 is 0 Å². The second-order valence-corrected chi connectivity index (χ2v) is 8.62. The first-order valence-electron chi connectivity index (χ1n) is 10.2. The minimum absolute atomic E-state index is 0.0794. The number of thioether (sulfide) groups is 1. The van der Waals surface area contributed by atoms with Crippen LogP contribution in [0.2, 0.25) is 5.02 Å². The molecule has 3 aromatic carbocycles. The van der Waals surface area contributed by atoms with Crippen LogP contribution in [0.5, 0.6) is 0 Å². The number of aromatic nitrogens is 1. The van der Waals surface area contributed by atoms with Crippen molar-refractivity contribution in [2.45, 2.75) is 11.4 Å². The van der Waals surface area contributed by atoms with E-state index in [4.69, 9.17) is 11.6 Å². The molecule has 0 saturated heterocycles. The van der Waals surface area contributed by atoms with Gasteiger partial charge >= 0.3 is 0 Å². The molecule has 32 heavy (non-hydrogen) atoms. The molecule has 1 heterocycles. The van der Waals surface area contributed by atoms with Crippen molar-refractivity contribution in [1.82, 2.24) is 9.88 Å². The van der Waals surface area contributed by atoms with Gasteiger partial charge in [-0.3, -0.25) is 9.59 Å². The molecule has 0 radical (unpaired) electrons. The van der Waals surface area contributed by atoms with E-state index in [0.717, 1.165) is 21.5 Å². The predicted octanol–water partition coefficient (Wildman–Crippen LogP) is 5.46. The van der Waals surface area contributed by atoms with Crippen molar-refractivity contribution in [2.24, 2.45) is 0 Å². The van der Waals surface area contributed by atoms with Crippen LogP contribution in [0.4, 0.5) is 5.69 Å². The summed E-state index contributed by atoms with van der Waals surface area (Å²) in [5.41, 5.74) is 2.44. The smallest absolute Gasteiger partial charge is 0.251 e. The van der Waals surface area contributed by atoms with Crippen molar-refractivity contribution < 1.29 is 9.59 Å². The summed E-state index contributed by atoms with van der Waals surface area (Å²) in [6, 6.07) is 24.3. The molecular formula is C25H22ClN3O2S. The highest BCUT2D eigenvalue weighted by Crippen LogP contribution is 2.30. The minimum atomic E-state index is -0.0875. The lowest BCUT2D eigenvalue weighted by molar-refractivity contribution is -0.113. The molecule has 0 unspecified atom stereocenters. The zero-order chi connectivity index (χ0) is 22.3. The number of amides is 2. The number of nitrogens with zero attached hydrogens (tertiary/aromatic N) is 1. The molecule has 0 bridgehead atoms. The van der Waals surface area contributed by atoms with E-state index in [9.17, 15) is 9.59 Å². The fourth-order valence-corrected chi connectivity index (χ4v) is 4.38. The Morgan fingerprint density at radius 1 is 0.906 bits per heavy atom. The summed E-state index contributed by atoms with van der Waals surface area (Å²) in [5.74, 6) is 0.126. The summed E-state index contributed by atoms with van der Waals surface area (Å²) in [4.78, 5) is 25.7. The first kappa shape index (κ1) is 22.0. The van der Waals surface area contributed by atoms with Crippen LogP contribution in [-0.2, 0) is 11.3 Å². The maximum absolute atomic E-state index is 12.4. The Morgan fingerprint density at radius 2 is 1.62 bits per heavy atom. The summed E-state index contributed by atoms with van der Waals surface area (Å²) in [7, 11) is 0. The molecule has 2 N–H and O–H groups in total. The van der Waals surface area contributed by atoms with Gasteiger partial charge in [-0.25, -0.2) is 0 Å². The second-order valence-electron chi connectivity index (χ2n) is 7.17. The van der Waals surface area contributed by atoms with Gasteiger partial charge in [-0.15, -0.1) is 11.8 Å². The average Bonchev–Trinajstić information content (AvgIpc) is 3.17. The number of carbonyl (C=O) groups is 2. The topological polar surface area (TPSA) is 63.1 Å². The molecule has 0 fully saturated rings. The molecule has 1 aromatic heterocycles. The molecule has 162 valence electrons. The first-order chi connectivity index (χ1) is 15.6. The molecule has 0 aliphatic heterocycles. The van der Waals surface area contributed by atoms with Crippen molar-refractivity contribution in [3.05, 3.63) is 95.6 Å². The molecule has 0 saturated carbocycles. The van der Waals surface area contributed by atoms with Gasteiger partial charge < -0.3 is 15.2 Å². The molecule has 4 rings (SSSR count). The minimum Gasteiger partial charge on any atom is -0.350 e.